The van der Waals surface area contributed by atoms with Crippen molar-refractivity contribution in [2.24, 2.45) is 0 Å². The van der Waals surface area contributed by atoms with Gasteiger partial charge in [-0.2, -0.15) is 0 Å². The molecule has 0 aromatic heterocycles. The highest BCUT2D eigenvalue weighted by molar-refractivity contribution is 6.03. The van der Waals surface area contributed by atoms with E-state index in [1.807, 2.05) is 5.32 Å². The fourth-order valence-corrected chi connectivity index (χ4v) is 1.45. The summed E-state index contributed by atoms with van der Waals surface area (Å²) in [7, 11) is 1.54. The number of nitrogens with one attached hydrogen (secondary N) is 2. The SMILES string of the molecule is COCCCNC(=O)CC(=O)Nc1c(F)cccc1F. The lowest BCUT2D eigenvalue weighted by Crippen LogP contribution is -2.29. The van der Waals surface area contributed by atoms with Crippen LogP contribution in [0.25, 0.3) is 0 Å². The zero-order chi connectivity index (χ0) is 15.0. The Kier molecular flexibility index (Phi) is 6.58. The van der Waals surface area contributed by atoms with Crippen LogP contribution >= 0.6 is 0 Å². The number of halogens is 2. The third kappa shape index (κ3) is 5.31. The van der Waals surface area contributed by atoms with E-state index in [4.69, 9.17) is 4.74 Å². The maximum atomic E-state index is 13.3. The average molecular weight is 286 g/mol. The van der Waals surface area contributed by atoms with Crippen LogP contribution in [0.2, 0.25) is 0 Å². The number of carbonyl (C=O) groups is 2. The summed E-state index contributed by atoms with van der Waals surface area (Å²) in [6.45, 7) is 0.862. The predicted molar refractivity (Wildman–Crippen MR) is 69.1 cm³/mol. The predicted octanol–water partition coefficient (Wildman–Crippen LogP) is 1.45. The maximum Gasteiger partial charge on any atom is 0.233 e. The topological polar surface area (TPSA) is 67.4 Å². The number of carbonyl (C=O) groups excluding carboxylic acids is 2. The van der Waals surface area contributed by atoms with Crippen molar-refractivity contribution in [3.63, 3.8) is 0 Å². The molecule has 0 bridgehead atoms. The minimum Gasteiger partial charge on any atom is -0.385 e. The van der Waals surface area contributed by atoms with Crippen LogP contribution in [0, 0.1) is 11.6 Å². The molecule has 0 saturated heterocycles. The molecule has 0 atom stereocenters. The highest BCUT2D eigenvalue weighted by Gasteiger charge is 2.14. The van der Waals surface area contributed by atoms with E-state index in [1.54, 1.807) is 0 Å². The van der Waals surface area contributed by atoms with E-state index in [9.17, 15) is 18.4 Å². The lowest BCUT2D eigenvalue weighted by molar-refractivity contribution is -0.126. The molecule has 0 aliphatic rings. The lowest BCUT2D eigenvalue weighted by Gasteiger charge is -2.08. The standard InChI is InChI=1S/C13H16F2N2O3/c1-20-7-3-6-16-11(18)8-12(19)17-13-9(14)4-2-5-10(13)15/h2,4-5H,3,6-8H2,1H3,(H,16,18)(H,17,19). The molecule has 5 nitrogen and oxygen atoms in total. The van der Waals surface area contributed by atoms with Crippen LogP contribution in [0.15, 0.2) is 18.2 Å². The first-order valence-corrected chi connectivity index (χ1v) is 6.04. The Bertz CT molecular complexity index is 460. The molecule has 7 heteroatoms. The van der Waals surface area contributed by atoms with Gasteiger partial charge in [0.2, 0.25) is 11.8 Å². The van der Waals surface area contributed by atoms with Crippen molar-refractivity contribution in [1.29, 1.82) is 0 Å². The first-order chi connectivity index (χ1) is 9.54. The second kappa shape index (κ2) is 8.21. The largest absolute Gasteiger partial charge is 0.385 e. The van der Waals surface area contributed by atoms with E-state index < -0.39 is 35.6 Å². The first-order valence-electron chi connectivity index (χ1n) is 6.04. The van der Waals surface area contributed by atoms with Gasteiger partial charge in [0.25, 0.3) is 0 Å². The summed E-state index contributed by atoms with van der Waals surface area (Å²) < 4.78 is 31.3. The molecule has 1 aromatic carbocycles. The van der Waals surface area contributed by atoms with Crippen molar-refractivity contribution >= 4 is 17.5 Å². The first kappa shape index (κ1) is 16.0. The molecular weight excluding hydrogens is 270 g/mol. The maximum absolute atomic E-state index is 13.3. The Morgan fingerprint density at radius 2 is 1.85 bits per heavy atom. The number of benzene rings is 1. The summed E-state index contributed by atoms with van der Waals surface area (Å²) in [5.41, 5.74) is -0.551. The average Bonchev–Trinajstić information content (AvgIpc) is 2.39. The van der Waals surface area contributed by atoms with Crippen LogP contribution in [-0.4, -0.2) is 32.1 Å². The molecule has 0 spiro atoms. The van der Waals surface area contributed by atoms with Gasteiger partial charge in [0, 0.05) is 20.3 Å². The Hall–Kier alpha value is -2.02. The van der Waals surface area contributed by atoms with Gasteiger partial charge in [-0.1, -0.05) is 6.07 Å². The van der Waals surface area contributed by atoms with Gasteiger partial charge in [-0.05, 0) is 18.6 Å². The minimum absolute atomic E-state index is 0.369. The summed E-state index contributed by atoms with van der Waals surface area (Å²) in [6, 6.07) is 3.22. The third-order valence-electron chi connectivity index (χ3n) is 2.40. The van der Waals surface area contributed by atoms with E-state index in [1.165, 1.54) is 13.2 Å². The molecule has 110 valence electrons. The van der Waals surface area contributed by atoms with Gasteiger partial charge in [0.05, 0.1) is 0 Å². The molecule has 2 N–H and O–H groups in total. The number of hydrogen-bond donors (Lipinski definition) is 2. The van der Waals surface area contributed by atoms with Crippen LogP contribution < -0.4 is 10.6 Å². The van der Waals surface area contributed by atoms with Crippen molar-refractivity contribution in [1.82, 2.24) is 5.32 Å². The van der Waals surface area contributed by atoms with Crippen molar-refractivity contribution < 1.29 is 23.1 Å². The monoisotopic (exact) mass is 286 g/mol. The molecule has 0 radical (unpaired) electrons. The quantitative estimate of drug-likeness (QED) is 0.589. The van der Waals surface area contributed by atoms with Crippen molar-refractivity contribution in [2.75, 3.05) is 25.6 Å². The van der Waals surface area contributed by atoms with E-state index >= 15 is 0 Å². The summed E-state index contributed by atoms with van der Waals surface area (Å²) >= 11 is 0. The van der Waals surface area contributed by atoms with Gasteiger partial charge in [0.1, 0.15) is 23.7 Å². The van der Waals surface area contributed by atoms with Gasteiger partial charge >= 0.3 is 0 Å². The number of amides is 2. The van der Waals surface area contributed by atoms with Gasteiger partial charge < -0.3 is 15.4 Å². The van der Waals surface area contributed by atoms with Crippen molar-refractivity contribution in [3.05, 3.63) is 29.8 Å². The van der Waals surface area contributed by atoms with Crippen LogP contribution in [0.1, 0.15) is 12.8 Å². The van der Waals surface area contributed by atoms with Crippen LogP contribution in [0.4, 0.5) is 14.5 Å². The highest BCUT2D eigenvalue weighted by atomic mass is 19.1. The van der Waals surface area contributed by atoms with Gasteiger partial charge in [-0.15, -0.1) is 0 Å². The Balaban J connectivity index is 2.42. The normalized spacial score (nSPS) is 10.2. The smallest absolute Gasteiger partial charge is 0.233 e. The number of ether oxygens (including phenoxy) is 1. The molecule has 1 aromatic rings. The third-order valence-corrected chi connectivity index (χ3v) is 2.40. The fraction of sp³-hybridized carbons (Fsp3) is 0.385. The second-order valence-corrected chi connectivity index (χ2v) is 4.02. The molecule has 0 unspecified atom stereocenters. The molecule has 2 amide bonds. The van der Waals surface area contributed by atoms with Crippen molar-refractivity contribution in [2.45, 2.75) is 12.8 Å². The Morgan fingerprint density at radius 3 is 2.45 bits per heavy atom. The molecule has 20 heavy (non-hydrogen) atoms. The second-order valence-electron chi connectivity index (χ2n) is 4.02. The van der Waals surface area contributed by atoms with Crippen LogP contribution in [0.3, 0.4) is 0 Å². The number of anilines is 1. The lowest BCUT2D eigenvalue weighted by atomic mass is 10.2. The Labute approximate surface area is 115 Å². The van der Waals surface area contributed by atoms with Crippen molar-refractivity contribution in [3.8, 4) is 0 Å². The summed E-state index contributed by atoms with van der Waals surface area (Å²) in [6.07, 6.45) is 0.118. The summed E-state index contributed by atoms with van der Waals surface area (Å²) in [4.78, 5) is 22.9. The zero-order valence-corrected chi connectivity index (χ0v) is 11.0. The van der Waals surface area contributed by atoms with E-state index in [0.717, 1.165) is 12.1 Å². The minimum atomic E-state index is -0.890. The number of rotatable bonds is 7. The zero-order valence-electron chi connectivity index (χ0n) is 11.0. The summed E-state index contributed by atoms with van der Waals surface area (Å²) in [5.74, 6) is -3.08. The number of para-hydroxylation sites is 1. The number of hydrogen-bond acceptors (Lipinski definition) is 3. The highest BCUT2D eigenvalue weighted by Crippen LogP contribution is 2.17. The van der Waals surface area contributed by atoms with E-state index in [0.29, 0.717) is 19.6 Å². The molecule has 1 rings (SSSR count). The van der Waals surface area contributed by atoms with Gasteiger partial charge in [-0.25, -0.2) is 8.78 Å². The fourth-order valence-electron chi connectivity index (χ4n) is 1.45. The van der Waals surface area contributed by atoms with Crippen LogP contribution in [-0.2, 0) is 14.3 Å². The Morgan fingerprint density at radius 1 is 1.20 bits per heavy atom. The molecule has 0 aliphatic heterocycles. The molecule has 0 aliphatic carbocycles. The number of methoxy groups -OCH3 is 1. The van der Waals surface area contributed by atoms with E-state index in [-0.39, 0.29) is 0 Å². The van der Waals surface area contributed by atoms with E-state index in [2.05, 4.69) is 5.32 Å². The van der Waals surface area contributed by atoms with Gasteiger partial charge in [-0.3, -0.25) is 9.59 Å². The molecule has 0 fully saturated rings. The molecule has 0 saturated carbocycles. The molecule has 0 heterocycles. The summed E-state index contributed by atoms with van der Waals surface area (Å²) in [5, 5.41) is 4.53. The van der Waals surface area contributed by atoms with Gasteiger partial charge in [0.15, 0.2) is 0 Å². The molecular formula is C13H16F2N2O3. The van der Waals surface area contributed by atoms with Crippen LogP contribution in [0.5, 0.6) is 0 Å².